The molecule has 1 fully saturated rings. The predicted molar refractivity (Wildman–Crippen MR) is 72.4 cm³/mol. The van der Waals surface area contributed by atoms with Crippen molar-refractivity contribution in [3.8, 4) is 0 Å². The first kappa shape index (κ1) is 13.6. The maximum atomic E-state index is 6.30. The Hall–Kier alpha value is -0.870. The van der Waals surface area contributed by atoms with Crippen LogP contribution in [0, 0.1) is 0 Å². The van der Waals surface area contributed by atoms with Gasteiger partial charge in [-0.3, -0.25) is 4.68 Å². The minimum Gasteiger partial charge on any atom is -0.378 e. The van der Waals surface area contributed by atoms with Gasteiger partial charge in [0.2, 0.25) is 0 Å². The second-order valence-corrected chi connectivity index (χ2v) is 5.05. The number of rotatable bonds is 6. The molecule has 1 aliphatic rings. The Balaban J connectivity index is 1.94. The van der Waals surface area contributed by atoms with Crippen LogP contribution in [-0.4, -0.2) is 22.5 Å². The molecule has 0 radical (unpaired) electrons. The van der Waals surface area contributed by atoms with Crippen LogP contribution in [0.25, 0.3) is 0 Å². The van der Waals surface area contributed by atoms with E-state index in [9.17, 15) is 0 Å². The highest BCUT2D eigenvalue weighted by Gasteiger charge is 2.19. The van der Waals surface area contributed by atoms with E-state index in [4.69, 9.17) is 10.5 Å². The first-order valence-electron chi connectivity index (χ1n) is 7.18. The summed E-state index contributed by atoms with van der Waals surface area (Å²) in [6, 6.07) is 2.24. The number of ether oxygens (including phenoxy) is 1. The summed E-state index contributed by atoms with van der Waals surface area (Å²) in [5, 5.41) is 4.55. The molecule has 102 valence electrons. The number of nitrogens with zero attached hydrogens (tertiary/aromatic N) is 2. The van der Waals surface area contributed by atoms with Crippen LogP contribution < -0.4 is 5.73 Å². The van der Waals surface area contributed by atoms with Crippen molar-refractivity contribution in [2.45, 2.75) is 64.6 Å². The van der Waals surface area contributed by atoms with Crippen LogP contribution in [0.15, 0.2) is 6.07 Å². The van der Waals surface area contributed by atoms with E-state index in [1.54, 1.807) is 0 Å². The van der Waals surface area contributed by atoms with Crippen molar-refractivity contribution in [2.24, 2.45) is 5.73 Å². The SMILES string of the molecule is CCc1cc(C(N)CCC2CCCO2)n(CC)n1. The van der Waals surface area contributed by atoms with Crippen molar-refractivity contribution in [3.63, 3.8) is 0 Å². The quantitative estimate of drug-likeness (QED) is 0.844. The van der Waals surface area contributed by atoms with Gasteiger partial charge in [0.15, 0.2) is 0 Å². The molecular weight excluding hydrogens is 226 g/mol. The Morgan fingerprint density at radius 2 is 2.39 bits per heavy atom. The molecule has 2 heterocycles. The lowest BCUT2D eigenvalue weighted by molar-refractivity contribution is 0.100. The molecule has 1 aromatic rings. The zero-order valence-corrected chi connectivity index (χ0v) is 11.6. The van der Waals surface area contributed by atoms with Crippen LogP contribution in [0.1, 0.15) is 57.0 Å². The highest BCUT2D eigenvalue weighted by atomic mass is 16.5. The number of aromatic nitrogens is 2. The molecule has 0 saturated carbocycles. The van der Waals surface area contributed by atoms with Crippen LogP contribution in [0.2, 0.25) is 0 Å². The standard InChI is InChI=1S/C14H25N3O/c1-3-11-10-14(17(4-2)16-11)13(15)8-7-12-6-5-9-18-12/h10,12-13H,3-9,15H2,1-2H3. The van der Waals surface area contributed by atoms with Gasteiger partial charge in [-0.15, -0.1) is 0 Å². The van der Waals surface area contributed by atoms with Crippen LogP contribution in [0.4, 0.5) is 0 Å². The number of hydrogen-bond acceptors (Lipinski definition) is 3. The number of aryl methyl sites for hydroxylation is 2. The lowest BCUT2D eigenvalue weighted by atomic mass is 10.0. The summed E-state index contributed by atoms with van der Waals surface area (Å²) in [6.45, 7) is 6.06. The van der Waals surface area contributed by atoms with Crippen molar-refractivity contribution in [2.75, 3.05) is 6.61 Å². The van der Waals surface area contributed by atoms with Crippen LogP contribution >= 0.6 is 0 Å². The van der Waals surface area contributed by atoms with Gasteiger partial charge in [-0.05, 0) is 45.1 Å². The molecule has 2 atom stereocenters. The molecule has 2 rings (SSSR count). The van der Waals surface area contributed by atoms with Crippen molar-refractivity contribution >= 4 is 0 Å². The fourth-order valence-corrected chi connectivity index (χ4v) is 2.60. The van der Waals surface area contributed by atoms with Gasteiger partial charge in [-0.1, -0.05) is 6.92 Å². The van der Waals surface area contributed by atoms with Gasteiger partial charge in [0, 0.05) is 19.2 Å². The monoisotopic (exact) mass is 251 g/mol. The normalized spacial score (nSPS) is 21.4. The third-order valence-corrected chi connectivity index (χ3v) is 3.73. The van der Waals surface area contributed by atoms with E-state index in [1.807, 2.05) is 4.68 Å². The lowest BCUT2D eigenvalue weighted by Gasteiger charge is -2.15. The average molecular weight is 251 g/mol. The van der Waals surface area contributed by atoms with E-state index < -0.39 is 0 Å². The Bertz CT molecular complexity index is 369. The molecule has 0 amide bonds. The highest BCUT2D eigenvalue weighted by molar-refractivity contribution is 5.14. The molecule has 0 spiro atoms. The van der Waals surface area contributed by atoms with Gasteiger partial charge >= 0.3 is 0 Å². The fraction of sp³-hybridized carbons (Fsp3) is 0.786. The van der Waals surface area contributed by atoms with E-state index >= 15 is 0 Å². The second-order valence-electron chi connectivity index (χ2n) is 5.05. The molecule has 1 aromatic heterocycles. The van der Waals surface area contributed by atoms with E-state index in [0.717, 1.165) is 38.1 Å². The summed E-state index contributed by atoms with van der Waals surface area (Å²) in [5.41, 5.74) is 8.61. The lowest BCUT2D eigenvalue weighted by Crippen LogP contribution is -2.18. The Morgan fingerprint density at radius 3 is 3.00 bits per heavy atom. The highest BCUT2D eigenvalue weighted by Crippen LogP contribution is 2.23. The fourth-order valence-electron chi connectivity index (χ4n) is 2.60. The van der Waals surface area contributed by atoms with Gasteiger partial charge in [0.25, 0.3) is 0 Å². The van der Waals surface area contributed by atoms with Crippen molar-refractivity contribution in [3.05, 3.63) is 17.5 Å². The summed E-state index contributed by atoms with van der Waals surface area (Å²) in [7, 11) is 0. The predicted octanol–water partition coefficient (Wildman–Crippen LogP) is 2.42. The molecule has 0 aromatic carbocycles. The molecule has 2 unspecified atom stereocenters. The molecule has 4 heteroatoms. The van der Waals surface area contributed by atoms with E-state index in [-0.39, 0.29) is 6.04 Å². The topological polar surface area (TPSA) is 53.1 Å². The van der Waals surface area contributed by atoms with Gasteiger partial charge in [-0.2, -0.15) is 5.10 Å². The summed E-state index contributed by atoms with van der Waals surface area (Å²) in [6.07, 6.45) is 5.85. The first-order chi connectivity index (χ1) is 8.74. The summed E-state index contributed by atoms with van der Waals surface area (Å²) < 4.78 is 7.68. The molecule has 2 N–H and O–H groups in total. The minimum atomic E-state index is 0.0851. The number of hydrogen-bond donors (Lipinski definition) is 1. The molecule has 4 nitrogen and oxygen atoms in total. The first-order valence-corrected chi connectivity index (χ1v) is 7.18. The molecule has 0 aliphatic carbocycles. The van der Waals surface area contributed by atoms with Crippen molar-refractivity contribution in [1.29, 1.82) is 0 Å². The maximum Gasteiger partial charge on any atom is 0.0625 e. The minimum absolute atomic E-state index is 0.0851. The van der Waals surface area contributed by atoms with Gasteiger partial charge in [-0.25, -0.2) is 0 Å². The zero-order chi connectivity index (χ0) is 13.0. The third kappa shape index (κ3) is 3.12. The van der Waals surface area contributed by atoms with Crippen molar-refractivity contribution in [1.82, 2.24) is 9.78 Å². The molecule has 0 bridgehead atoms. The molecule has 1 aliphatic heterocycles. The van der Waals surface area contributed by atoms with Crippen LogP contribution in [0.5, 0.6) is 0 Å². The number of nitrogens with two attached hydrogens (primary N) is 1. The van der Waals surface area contributed by atoms with Gasteiger partial charge in [0.1, 0.15) is 0 Å². The van der Waals surface area contributed by atoms with Gasteiger partial charge in [0.05, 0.1) is 17.5 Å². The third-order valence-electron chi connectivity index (χ3n) is 3.73. The Labute approximate surface area is 110 Å². The zero-order valence-electron chi connectivity index (χ0n) is 11.6. The second kappa shape index (κ2) is 6.34. The van der Waals surface area contributed by atoms with E-state index in [2.05, 4.69) is 25.0 Å². The Morgan fingerprint density at radius 1 is 1.56 bits per heavy atom. The van der Waals surface area contributed by atoms with Crippen molar-refractivity contribution < 1.29 is 4.74 Å². The largest absolute Gasteiger partial charge is 0.378 e. The summed E-state index contributed by atoms with van der Waals surface area (Å²) in [4.78, 5) is 0. The Kier molecular flexibility index (Phi) is 4.78. The molecule has 1 saturated heterocycles. The average Bonchev–Trinajstić information content (AvgIpc) is 3.04. The molecule has 18 heavy (non-hydrogen) atoms. The van der Waals surface area contributed by atoms with Gasteiger partial charge < -0.3 is 10.5 Å². The maximum absolute atomic E-state index is 6.30. The van der Waals surface area contributed by atoms with Crippen LogP contribution in [-0.2, 0) is 17.7 Å². The van der Waals surface area contributed by atoms with Crippen LogP contribution in [0.3, 0.4) is 0 Å². The summed E-state index contributed by atoms with van der Waals surface area (Å²) in [5.74, 6) is 0. The smallest absolute Gasteiger partial charge is 0.0625 e. The molecular formula is C14H25N3O. The van der Waals surface area contributed by atoms with E-state index in [0.29, 0.717) is 6.10 Å². The summed E-state index contributed by atoms with van der Waals surface area (Å²) >= 11 is 0. The van der Waals surface area contributed by atoms with E-state index in [1.165, 1.54) is 18.5 Å².